The number of Topliss-reactive ketones (excluding diaryl/α,β-unsaturated/α-hetero) is 1. The van der Waals surface area contributed by atoms with Crippen molar-refractivity contribution >= 4 is 34.4 Å². The number of aromatic nitrogens is 1. The predicted octanol–water partition coefficient (Wildman–Crippen LogP) is 5.02. The molecule has 1 N–H and O–H groups in total. The zero-order valence-corrected chi connectivity index (χ0v) is 22.5. The topological polar surface area (TPSA) is 88.6 Å². The summed E-state index contributed by atoms with van der Waals surface area (Å²) in [6.45, 7) is 7.45. The number of halogens is 1. The van der Waals surface area contributed by atoms with Crippen LogP contribution < -0.4 is 5.32 Å². The van der Waals surface area contributed by atoms with Gasteiger partial charge in [0.05, 0.1) is 11.7 Å². The molecule has 1 aliphatic carbocycles. The number of hydrogen-bond acceptors (Lipinski definition) is 5. The Morgan fingerprint density at radius 3 is 2.65 bits per heavy atom. The van der Waals surface area contributed by atoms with Crippen LogP contribution in [0, 0.1) is 0 Å². The van der Waals surface area contributed by atoms with Gasteiger partial charge in [-0.3, -0.25) is 19.5 Å². The fourth-order valence-electron chi connectivity index (χ4n) is 4.79. The highest BCUT2D eigenvalue weighted by molar-refractivity contribution is 6.49. The summed E-state index contributed by atoms with van der Waals surface area (Å²) in [5, 5.41) is 3.53. The number of ether oxygens (including phenoxy) is 1. The predicted molar refractivity (Wildman–Crippen MR) is 143 cm³/mol. The van der Waals surface area contributed by atoms with Crippen LogP contribution in [0.3, 0.4) is 0 Å². The largest absolute Gasteiger partial charge is 0.444 e. The Morgan fingerprint density at radius 1 is 1.22 bits per heavy atom. The van der Waals surface area contributed by atoms with Crippen LogP contribution in [0.25, 0.3) is 5.03 Å². The first-order chi connectivity index (χ1) is 17.5. The first-order valence-corrected chi connectivity index (χ1v) is 13.1. The summed E-state index contributed by atoms with van der Waals surface area (Å²) >= 11 is 6.24. The Kier molecular flexibility index (Phi) is 8.02. The Balaban J connectivity index is 1.39. The molecule has 1 aromatic heterocycles. The van der Waals surface area contributed by atoms with Gasteiger partial charge in [-0.1, -0.05) is 48.0 Å². The maximum Gasteiger partial charge on any atom is 0.410 e. The molecule has 7 nitrogen and oxygen atoms in total. The molecule has 0 bridgehead atoms. The van der Waals surface area contributed by atoms with Gasteiger partial charge in [0.25, 0.3) is 0 Å². The Hall–Kier alpha value is -3.19. The van der Waals surface area contributed by atoms with E-state index in [-0.39, 0.29) is 24.0 Å². The lowest BCUT2D eigenvalue weighted by molar-refractivity contribution is -0.130. The number of likely N-dealkylation sites (tertiary alicyclic amines) is 1. The minimum Gasteiger partial charge on any atom is -0.444 e. The van der Waals surface area contributed by atoms with Gasteiger partial charge in [-0.2, -0.15) is 0 Å². The number of aryl methyl sites for hydroxylation is 1. The van der Waals surface area contributed by atoms with E-state index in [2.05, 4.69) is 10.3 Å². The number of nitrogens with zero attached hydrogens (tertiary/aromatic N) is 2. The molecule has 196 valence electrons. The van der Waals surface area contributed by atoms with Gasteiger partial charge >= 0.3 is 6.09 Å². The molecule has 2 aliphatic rings. The van der Waals surface area contributed by atoms with Gasteiger partial charge in [0.2, 0.25) is 5.91 Å². The van der Waals surface area contributed by atoms with Gasteiger partial charge in [-0.15, -0.1) is 0 Å². The smallest absolute Gasteiger partial charge is 0.410 e. The van der Waals surface area contributed by atoms with Crippen molar-refractivity contribution in [2.75, 3.05) is 6.54 Å². The van der Waals surface area contributed by atoms with Gasteiger partial charge in [-0.25, -0.2) is 4.79 Å². The molecule has 8 heteroatoms. The first-order valence-electron chi connectivity index (χ1n) is 12.7. The SMILES string of the molecule is C[C@H](NC(=O)[C@H]1C[C@H](c2ccccc2)CN1C(=O)OC(C)(C)C)C(=O)CCc1cnc2c(c1)C(Cl)=CC2. The van der Waals surface area contributed by atoms with E-state index in [0.29, 0.717) is 24.4 Å². The van der Waals surface area contributed by atoms with Crippen LogP contribution in [0.4, 0.5) is 4.79 Å². The third kappa shape index (κ3) is 6.58. The lowest BCUT2D eigenvalue weighted by Gasteiger charge is -2.28. The molecule has 1 saturated heterocycles. The average molecular weight is 524 g/mol. The zero-order chi connectivity index (χ0) is 26.7. The number of allylic oxidation sites excluding steroid dienone is 1. The summed E-state index contributed by atoms with van der Waals surface area (Å²) in [7, 11) is 0. The third-order valence-corrected chi connectivity index (χ3v) is 7.12. The van der Waals surface area contributed by atoms with Crippen molar-refractivity contribution in [1.82, 2.24) is 15.2 Å². The highest BCUT2D eigenvalue weighted by Gasteiger charge is 2.42. The van der Waals surface area contributed by atoms with Crippen LogP contribution in [0.2, 0.25) is 0 Å². The quantitative estimate of drug-likeness (QED) is 0.550. The molecule has 1 aromatic carbocycles. The molecule has 0 radical (unpaired) electrons. The standard InChI is InChI=1S/C29H34ClN3O4/c1-18(26(34)13-10-19-14-22-23(30)11-12-24(22)31-16-19)32-27(35)25-15-21(20-8-6-5-7-9-20)17-33(25)28(36)37-29(2,3)4/h5-9,11,14,16,18,21,25H,10,12-13,15,17H2,1-4H3,(H,32,35)/t18-,21-,25+/m0/s1. The zero-order valence-electron chi connectivity index (χ0n) is 21.8. The molecule has 3 atom stereocenters. The molecule has 0 saturated carbocycles. The van der Waals surface area contributed by atoms with Crippen molar-refractivity contribution in [2.24, 2.45) is 0 Å². The van der Waals surface area contributed by atoms with Crippen LogP contribution in [0.5, 0.6) is 0 Å². The number of benzene rings is 1. The molecule has 1 fully saturated rings. The van der Waals surface area contributed by atoms with Crippen molar-refractivity contribution in [3.8, 4) is 0 Å². The van der Waals surface area contributed by atoms with E-state index in [1.54, 1.807) is 33.9 Å². The first kappa shape index (κ1) is 26.9. The van der Waals surface area contributed by atoms with Crippen molar-refractivity contribution in [2.45, 2.75) is 77.0 Å². The Labute approximate surface area is 223 Å². The number of pyridine rings is 1. The van der Waals surface area contributed by atoms with E-state index in [0.717, 1.165) is 28.8 Å². The second-order valence-electron chi connectivity index (χ2n) is 10.8. The monoisotopic (exact) mass is 523 g/mol. The molecular formula is C29H34ClN3O4. The number of nitrogens with one attached hydrogen (secondary N) is 1. The number of rotatable bonds is 7. The fourth-order valence-corrected chi connectivity index (χ4v) is 5.03. The van der Waals surface area contributed by atoms with E-state index in [9.17, 15) is 14.4 Å². The number of carbonyl (C=O) groups excluding carboxylic acids is 3. The van der Waals surface area contributed by atoms with Crippen LogP contribution in [-0.4, -0.2) is 51.9 Å². The molecule has 4 rings (SSSR count). The van der Waals surface area contributed by atoms with E-state index in [1.165, 1.54) is 4.90 Å². The molecule has 0 spiro atoms. The van der Waals surface area contributed by atoms with Gasteiger partial charge in [0, 0.05) is 42.1 Å². The Morgan fingerprint density at radius 2 is 1.95 bits per heavy atom. The van der Waals surface area contributed by atoms with Crippen LogP contribution in [0.15, 0.2) is 48.7 Å². The van der Waals surface area contributed by atoms with Crippen LogP contribution >= 0.6 is 11.6 Å². The van der Waals surface area contributed by atoms with Crippen LogP contribution in [0.1, 0.15) is 68.8 Å². The second kappa shape index (κ2) is 11.1. The average Bonchev–Trinajstić information content (AvgIpc) is 3.46. The van der Waals surface area contributed by atoms with Crippen molar-refractivity contribution in [1.29, 1.82) is 0 Å². The molecule has 2 amide bonds. The number of fused-ring (bicyclic) bond motifs is 1. The van der Waals surface area contributed by atoms with Gasteiger partial charge < -0.3 is 10.1 Å². The summed E-state index contributed by atoms with van der Waals surface area (Å²) in [6, 6.07) is 10.4. The number of amides is 2. The second-order valence-corrected chi connectivity index (χ2v) is 11.2. The van der Waals surface area contributed by atoms with E-state index in [1.807, 2.05) is 42.5 Å². The van der Waals surface area contributed by atoms with Crippen molar-refractivity contribution < 1.29 is 19.1 Å². The summed E-state index contributed by atoms with van der Waals surface area (Å²) in [5.74, 6) is -0.429. The van der Waals surface area contributed by atoms with Crippen molar-refractivity contribution in [3.05, 3.63) is 71.1 Å². The van der Waals surface area contributed by atoms with E-state index in [4.69, 9.17) is 16.3 Å². The summed E-state index contributed by atoms with van der Waals surface area (Å²) in [6.07, 6.45) is 5.14. The minimum atomic E-state index is -0.717. The maximum absolute atomic E-state index is 13.3. The molecular weight excluding hydrogens is 490 g/mol. The summed E-state index contributed by atoms with van der Waals surface area (Å²) in [5.41, 5.74) is 3.17. The number of carbonyl (C=O) groups is 3. The van der Waals surface area contributed by atoms with Gasteiger partial charge in [0.15, 0.2) is 5.78 Å². The fraction of sp³-hybridized carbons (Fsp3) is 0.448. The molecule has 2 aromatic rings. The maximum atomic E-state index is 13.3. The van der Waals surface area contributed by atoms with Gasteiger partial charge in [0.1, 0.15) is 11.6 Å². The Bertz CT molecular complexity index is 1210. The highest BCUT2D eigenvalue weighted by Crippen LogP contribution is 2.33. The summed E-state index contributed by atoms with van der Waals surface area (Å²) in [4.78, 5) is 45.1. The lowest BCUT2D eigenvalue weighted by Crippen LogP contribution is -2.50. The minimum absolute atomic E-state index is 0.00339. The third-order valence-electron chi connectivity index (χ3n) is 6.76. The summed E-state index contributed by atoms with van der Waals surface area (Å²) < 4.78 is 5.59. The highest BCUT2D eigenvalue weighted by atomic mass is 35.5. The number of hydrogen-bond donors (Lipinski definition) is 1. The van der Waals surface area contributed by atoms with Crippen molar-refractivity contribution in [3.63, 3.8) is 0 Å². The molecule has 37 heavy (non-hydrogen) atoms. The number of ketones is 1. The molecule has 0 unspecified atom stereocenters. The lowest BCUT2D eigenvalue weighted by atomic mass is 9.96. The van der Waals surface area contributed by atoms with E-state index < -0.39 is 23.8 Å². The molecule has 1 aliphatic heterocycles. The van der Waals surface area contributed by atoms with Crippen LogP contribution in [-0.2, 0) is 27.2 Å². The normalized spacial score (nSPS) is 19.7. The van der Waals surface area contributed by atoms with Gasteiger partial charge in [-0.05, 0) is 57.7 Å². The van der Waals surface area contributed by atoms with E-state index >= 15 is 0 Å². The molecule has 2 heterocycles.